The molecule has 0 saturated heterocycles. The Morgan fingerprint density at radius 1 is 1.11 bits per heavy atom. The van der Waals surface area contributed by atoms with Gasteiger partial charge in [-0.2, -0.15) is 0 Å². The quantitative estimate of drug-likeness (QED) is 0.740. The Morgan fingerprint density at radius 2 is 1.71 bits per heavy atom. The second-order valence-electron chi connectivity index (χ2n) is 8.71. The zero-order valence-corrected chi connectivity index (χ0v) is 17.3. The molecule has 1 aliphatic carbocycles. The molecule has 4 nitrogen and oxygen atoms in total. The van der Waals surface area contributed by atoms with Crippen molar-refractivity contribution in [3.05, 3.63) is 71.8 Å². The highest BCUT2D eigenvalue weighted by Crippen LogP contribution is 2.61. The maximum absolute atomic E-state index is 12.1. The number of alkyl carbamates (subject to hydrolysis) is 1. The lowest BCUT2D eigenvalue weighted by molar-refractivity contribution is -0.00409. The van der Waals surface area contributed by atoms with Crippen molar-refractivity contribution >= 4 is 6.09 Å². The van der Waals surface area contributed by atoms with Gasteiger partial charge in [0.1, 0.15) is 6.10 Å². The average molecular weight is 382 g/mol. The van der Waals surface area contributed by atoms with Gasteiger partial charge in [0, 0.05) is 12.5 Å². The molecule has 0 heterocycles. The maximum atomic E-state index is 12.1. The van der Waals surface area contributed by atoms with Gasteiger partial charge in [-0.1, -0.05) is 81.4 Å². The fourth-order valence-electron chi connectivity index (χ4n) is 4.24. The summed E-state index contributed by atoms with van der Waals surface area (Å²) in [6, 6.07) is 20.6. The Balaban J connectivity index is 1.80. The van der Waals surface area contributed by atoms with Crippen molar-refractivity contribution in [1.82, 2.24) is 5.32 Å². The van der Waals surface area contributed by atoms with Crippen LogP contribution < -0.4 is 5.32 Å². The Morgan fingerprint density at radius 3 is 2.29 bits per heavy atom. The summed E-state index contributed by atoms with van der Waals surface area (Å²) in [5.74, 6) is 0.312. The van der Waals surface area contributed by atoms with Crippen LogP contribution in [0.15, 0.2) is 60.7 Å². The van der Waals surface area contributed by atoms with E-state index in [1.807, 2.05) is 24.3 Å². The summed E-state index contributed by atoms with van der Waals surface area (Å²) in [7, 11) is 1.60. The van der Waals surface area contributed by atoms with Gasteiger partial charge >= 0.3 is 6.09 Å². The molecule has 28 heavy (non-hydrogen) atoms. The lowest BCUT2D eigenvalue weighted by Gasteiger charge is -2.38. The standard InChI is InChI=1S/C24H31NO3/c1-23(2,3)21(28-22(26)25-4)24(19-13-9-6-10-14-19)15-20(24)17-27-16-18-11-7-5-8-12-18/h5-14,20-21H,15-17H2,1-4H3,(H,25,26)/t20-,21?,24+/m0/s1. The van der Waals surface area contributed by atoms with Gasteiger partial charge in [-0.25, -0.2) is 4.79 Å². The van der Waals surface area contributed by atoms with Crippen LogP contribution in [0.25, 0.3) is 0 Å². The highest BCUT2D eigenvalue weighted by atomic mass is 16.6. The van der Waals surface area contributed by atoms with Gasteiger partial charge in [0.15, 0.2) is 0 Å². The largest absolute Gasteiger partial charge is 0.445 e. The number of benzene rings is 2. The van der Waals surface area contributed by atoms with Crippen molar-refractivity contribution in [2.45, 2.75) is 45.3 Å². The van der Waals surface area contributed by atoms with Crippen LogP contribution in [-0.2, 0) is 21.5 Å². The molecule has 1 N–H and O–H groups in total. The van der Waals surface area contributed by atoms with Crippen LogP contribution in [0.4, 0.5) is 4.79 Å². The van der Waals surface area contributed by atoms with Crippen LogP contribution >= 0.6 is 0 Å². The fourth-order valence-corrected chi connectivity index (χ4v) is 4.24. The number of hydrogen-bond donors (Lipinski definition) is 1. The summed E-state index contributed by atoms with van der Waals surface area (Å²) in [6.07, 6.45) is 0.323. The minimum absolute atomic E-state index is 0.198. The first-order valence-electron chi connectivity index (χ1n) is 9.93. The molecule has 2 aromatic carbocycles. The van der Waals surface area contributed by atoms with E-state index in [-0.39, 0.29) is 23.0 Å². The molecule has 0 radical (unpaired) electrons. The Bertz CT molecular complexity index is 769. The summed E-state index contributed by atoms with van der Waals surface area (Å²) in [6.45, 7) is 7.63. The average Bonchev–Trinajstić information content (AvgIpc) is 3.41. The minimum atomic E-state index is -0.383. The number of hydrogen-bond acceptors (Lipinski definition) is 3. The molecule has 1 unspecified atom stereocenters. The summed E-state index contributed by atoms with van der Waals surface area (Å²) in [5.41, 5.74) is 1.97. The molecule has 1 aliphatic rings. The molecule has 1 fully saturated rings. The first-order valence-corrected chi connectivity index (χ1v) is 9.93. The van der Waals surface area contributed by atoms with Crippen LogP contribution in [0, 0.1) is 11.3 Å². The number of amides is 1. The van der Waals surface area contributed by atoms with E-state index < -0.39 is 0 Å². The first kappa shape index (κ1) is 20.4. The third-order valence-corrected chi connectivity index (χ3v) is 5.58. The molecule has 2 aromatic rings. The minimum Gasteiger partial charge on any atom is -0.445 e. The van der Waals surface area contributed by atoms with E-state index >= 15 is 0 Å². The molecule has 0 spiro atoms. The molecule has 0 aliphatic heterocycles. The van der Waals surface area contributed by atoms with E-state index in [0.717, 1.165) is 6.42 Å². The molecule has 150 valence electrons. The summed E-state index contributed by atoms with van der Waals surface area (Å²) >= 11 is 0. The van der Waals surface area contributed by atoms with Gasteiger partial charge in [-0.3, -0.25) is 0 Å². The van der Waals surface area contributed by atoms with Gasteiger partial charge in [0.25, 0.3) is 0 Å². The normalized spacial score (nSPS) is 22.4. The van der Waals surface area contributed by atoms with Gasteiger partial charge < -0.3 is 14.8 Å². The highest BCUT2D eigenvalue weighted by molar-refractivity contribution is 5.67. The van der Waals surface area contributed by atoms with Crippen molar-refractivity contribution in [2.75, 3.05) is 13.7 Å². The Kier molecular flexibility index (Phi) is 6.09. The summed E-state index contributed by atoms with van der Waals surface area (Å²) in [5, 5.41) is 2.61. The summed E-state index contributed by atoms with van der Waals surface area (Å²) < 4.78 is 12.0. The predicted molar refractivity (Wildman–Crippen MR) is 111 cm³/mol. The van der Waals surface area contributed by atoms with E-state index in [1.54, 1.807) is 7.05 Å². The third-order valence-electron chi connectivity index (χ3n) is 5.58. The highest BCUT2D eigenvalue weighted by Gasteiger charge is 2.64. The molecule has 0 bridgehead atoms. The van der Waals surface area contributed by atoms with E-state index in [4.69, 9.17) is 9.47 Å². The van der Waals surface area contributed by atoms with Crippen LogP contribution in [0.2, 0.25) is 0 Å². The number of rotatable bonds is 7. The van der Waals surface area contributed by atoms with Gasteiger partial charge in [0.05, 0.1) is 13.2 Å². The van der Waals surface area contributed by atoms with E-state index in [1.165, 1.54) is 11.1 Å². The fraction of sp³-hybridized carbons (Fsp3) is 0.458. The second-order valence-corrected chi connectivity index (χ2v) is 8.71. The Labute approximate surface area is 168 Å². The van der Waals surface area contributed by atoms with E-state index in [0.29, 0.717) is 19.1 Å². The lowest BCUT2D eigenvalue weighted by Crippen LogP contribution is -2.45. The second kappa shape index (κ2) is 8.36. The zero-order chi connectivity index (χ0) is 20.2. The monoisotopic (exact) mass is 381 g/mol. The van der Waals surface area contributed by atoms with Crippen molar-refractivity contribution in [3.8, 4) is 0 Å². The first-order chi connectivity index (χ1) is 13.4. The molecule has 1 saturated carbocycles. The molecular formula is C24H31NO3. The van der Waals surface area contributed by atoms with Crippen molar-refractivity contribution in [2.24, 2.45) is 11.3 Å². The molecule has 0 aromatic heterocycles. The molecule has 3 atom stereocenters. The zero-order valence-electron chi connectivity index (χ0n) is 17.3. The van der Waals surface area contributed by atoms with Crippen LogP contribution in [0.3, 0.4) is 0 Å². The van der Waals surface area contributed by atoms with Crippen LogP contribution in [-0.4, -0.2) is 25.9 Å². The van der Waals surface area contributed by atoms with E-state index in [9.17, 15) is 4.79 Å². The maximum Gasteiger partial charge on any atom is 0.407 e. The molecule has 3 rings (SSSR count). The van der Waals surface area contributed by atoms with Crippen molar-refractivity contribution in [1.29, 1.82) is 0 Å². The lowest BCUT2D eigenvalue weighted by atomic mass is 9.74. The number of ether oxygens (including phenoxy) is 2. The van der Waals surface area contributed by atoms with Crippen molar-refractivity contribution in [3.63, 3.8) is 0 Å². The summed E-state index contributed by atoms with van der Waals surface area (Å²) in [4.78, 5) is 12.1. The number of carbonyl (C=O) groups excluding carboxylic acids is 1. The van der Waals surface area contributed by atoms with Gasteiger partial charge in [0.2, 0.25) is 0 Å². The topological polar surface area (TPSA) is 47.6 Å². The molecule has 4 heteroatoms. The van der Waals surface area contributed by atoms with Gasteiger partial charge in [-0.15, -0.1) is 0 Å². The van der Waals surface area contributed by atoms with Gasteiger partial charge in [-0.05, 0) is 28.9 Å². The van der Waals surface area contributed by atoms with E-state index in [2.05, 4.69) is 62.5 Å². The molecular weight excluding hydrogens is 350 g/mol. The third kappa shape index (κ3) is 4.39. The van der Waals surface area contributed by atoms with Crippen molar-refractivity contribution < 1.29 is 14.3 Å². The number of carbonyl (C=O) groups is 1. The SMILES string of the molecule is CNC(=O)OC(C(C)(C)C)[C@@]1(c2ccccc2)C[C@H]1COCc1ccccc1. The van der Waals surface area contributed by atoms with Crippen LogP contribution in [0.1, 0.15) is 38.3 Å². The number of nitrogens with one attached hydrogen (secondary N) is 1. The Hall–Kier alpha value is -2.33. The van der Waals surface area contributed by atoms with Crippen LogP contribution in [0.5, 0.6) is 0 Å². The smallest absolute Gasteiger partial charge is 0.407 e. The molecule has 1 amide bonds. The predicted octanol–water partition coefficient (Wildman–Crippen LogP) is 4.93.